The second-order valence-corrected chi connectivity index (χ2v) is 5.99. The highest BCUT2D eigenvalue weighted by molar-refractivity contribution is 5.89. The van der Waals surface area contributed by atoms with E-state index in [2.05, 4.69) is 15.5 Å². The monoisotopic (exact) mass is 399 g/mol. The molecule has 0 unspecified atom stereocenters. The average molecular weight is 399 g/mol. The number of rotatable bonds is 5. The Morgan fingerprint density at radius 3 is 2.68 bits per heavy atom. The average Bonchev–Trinajstić information content (AvgIpc) is 3.15. The van der Waals surface area contributed by atoms with Crippen LogP contribution in [-0.4, -0.2) is 52.0 Å². The maximum absolute atomic E-state index is 13.0. The van der Waals surface area contributed by atoms with Gasteiger partial charge in [0.1, 0.15) is 13.0 Å². The summed E-state index contributed by atoms with van der Waals surface area (Å²) >= 11 is 0. The first-order valence-corrected chi connectivity index (χ1v) is 8.35. The van der Waals surface area contributed by atoms with Crippen LogP contribution >= 0.6 is 0 Å². The van der Waals surface area contributed by atoms with E-state index < -0.39 is 24.3 Å². The van der Waals surface area contributed by atoms with Crippen LogP contribution in [0.25, 0.3) is 17.6 Å². The summed E-state index contributed by atoms with van der Waals surface area (Å²) in [5, 5.41) is 5.73. The van der Waals surface area contributed by atoms with Gasteiger partial charge in [0.05, 0.1) is 18.8 Å². The third-order valence-corrected chi connectivity index (χ3v) is 3.90. The fourth-order valence-corrected chi connectivity index (χ4v) is 2.55. The van der Waals surface area contributed by atoms with Crippen LogP contribution in [0, 0.1) is 0 Å². The SMILES string of the molecule is O=C(/C=C\n1cnc(-c2cc(CF)cc(C(F)(F)F)c2)n1)NN1CCOCC1. The summed E-state index contributed by atoms with van der Waals surface area (Å²) < 4.78 is 58.2. The highest BCUT2D eigenvalue weighted by atomic mass is 19.4. The summed E-state index contributed by atoms with van der Waals surface area (Å²) in [6, 6.07) is 2.85. The molecule has 1 aromatic carbocycles. The molecule has 11 heteroatoms. The van der Waals surface area contributed by atoms with E-state index in [9.17, 15) is 22.4 Å². The van der Waals surface area contributed by atoms with Gasteiger partial charge < -0.3 is 4.74 Å². The number of amides is 1. The molecule has 28 heavy (non-hydrogen) atoms. The molecule has 1 fully saturated rings. The van der Waals surface area contributed by atoms with E-state index in [0.29, 0.717) is 26.3 Å². The second-order valence-electron chi connectivity index (χ2n) is 5.99. The molecule has 0 spiro atoms. The number of hydrogen-bond acceptors (Lipinski definition) is 5. The van der Waals surface area contributed by atoms with E-state index in [4.69, 9.17) is 4.74 Å². The maximum Gasteiger partial charge on any atom is 0.416 e. The summed E-state index contributed by atoms with van der Waals surface area (Å²) in [5.74, 6) is -0.406. The van der Waals surface area contributed by atoms with Crippen LogP contribution in [0.3, 0.4) is 0 Å². The highest BCUT2D eigenvalue weighted by Crippen LogP contribution is 2.32. The quantitative estimate of drug-likeness (QED) is 0.617. The minimum absolute atomic E-state index is 0.0148. The standard InChI is InChI=1S/C17H17F4N5O2/c18-10-12-7-13(9-14(8-12)17(19,20)21)16-22-11-26(24-16)2-1-15(27)23-25-3-5-28-6-4-25/h1-2,7-9,11H,3-6,10H2,(H,23,27)/b2-1-. The molecular weight excluding hydrogens is 382 g/mol. The number of morpholine rings is 1. The lowest BCUT2D eigenvalue weighted by Crippen LogP contribution is -2.47. The molecule has 0 atom stereocenters. The molecule has 1 saturated heterocycles. The van der Waals surface area contributed by atoms with Gasteiger partial charge in [-0.2, -0.15) is 13.2 Å². The van der Waals surface area contributed by atoms with Crippen LogP contribution in [0.15, 0.2) is 30.6 Å². The van der Waals surface area contributed by atoms with E-state index in [0.717, 1.165) is 12.1 Å². The van der Waals surface area contributed by atoms with Gasteiger partial charge in [-0.1, -0.05) is 0 Å². The molecule has 150 valence electrons. The highest BCUT2D eigenvalue weighted by Gasteiger charge is 2.31. The predicted molar refractivity (Wildman–Crippen MR) is 91.1 cm³/mol. The number of nitrogens with one attached hydrogen (secondary N) is 1. The van der Waals surface area contributed by atoms with Crippen LogP contribution in [0.1, 0.15) is 11.1 Å². The van der Waals surface area contributed by atoms with Crippen molar-refractivity contribution in [2.24, 2.45) is 0 Å². The van der Waals surface area contributed by atoms with Crippen molar-refractivity contribution in [1.82, 2.24) is 25.2 Å². The van der Waals surface area contributed by atoms with E-state index in [-0.39, 0.29) is 17.0 Å². The van der Waals surface area contributed by atoms with E-state index in [1.54, 1.807) is 5.01 Å². The van der Waals surface area contributed by atoms with Crippen molar-refractivity contribution in [3.8, 4) is 11.4 Å². The number of ether oxygens (including phenoxy) is 1. The molecule has 2 heterocycles. The van der Waals surface area contributed by atoms with Gasteiger partial charge in [-0.15, -0.1) is 5.10 Å². The minimum Gasteiger partial charge on any atom is -0.379 e. The van der Waals surface area contributed by atoms with Crippen molar-refractivity contribution in [2.75, 3.05) is 26.3 Å². The van der Waals surface area contributed by atoms with Crippen molar-refractivity contribution in [2.45, 2.75) is 12.9 Å². The molecule has 0 aliphatic carbocycles. The molecule has 1 N–H and O–H groups in total. The number of alkyl halides is 4. The molecule has 0 saturated carbocycles. The van der Waals surface area contributed by atoms with Crippen LogP contribution in [0.4, 0.5) is 17.6 Å². The first kappa shape index (κ1) is 20.0. The molecule has 2 aromatic rings. The molecular formula is C17H17F4N5O2. The summed E-state index contributed by atoms with van der Waals surface area (Å²) in [7, 11) is 0. The van der Waals surface area contributed by atoms with E-state index >= 15 is 0 Å². The van der Waals surface area contributed by atoms with Crippen molar-refractivity contribution >= 4 is 12.1 Å². The van der Waals surface area contributed by atoms with Crippen LogP contribution in [0.2, 0.25) is 0 Å². The number of aromatic nitrogens is 3. The zero-order valence-corrected chi connectivity index (χ0v) is 14.6. The molecule has 3 rings (SSSR count). The summed E-state index contributed by atoms with van der Waals surface area (Å²) in [6.45, 7) is 1.14. The zero-order chi connectivity index (χ0) is 20.1. The summed E-state index contributed by atoms with van der Waals surface area (Å²) in [6.07, 6.45) is -0.841. The Kier molecular flexibility index (Phi) is 6.05. The largest absolute Gasteiger partial charge is 0.416 e. The second kappa shape index (κ2) is 8.48. The fourth-order valence-electron chi connectivity index (χ4n) is 2.55. The van der Waals surface area contributed by atoms with Gasteiger partial charge in [-0.3, -0.25) is 10.2 Å². The fraction of sp³-hybridized carbons (Fsp3) is 0.353. The molecule has 1 aliphatic heterocycles. The number of nitrogens with zero attached hydrogens (tertiary/aromatic N) is 4. The van der Waals surface area contributed by atoms with Crippen molar-refractivity contribution in [1.29, 1.82) is 0 Å². The number of halogens is 4. The Morgan fingerprint density at radius 2 is 2.00 bits per heavy atom. The lowest BCUT2D eigenvalue weighted by atomic mass is 10.1. The topological polar surface area (TPSA) is 72.3 Å². The summed E-state index contributed by atoms with van der Waals surface area (Å²) in [4.78, 5) is 15.8. The molecule has 1 aliphatic rings. The minimum atomic E-state index is -4.61. The van der Waals surface area contributed by atoms with Gasteiger partial charge in [0.2, 0.25) is 0 Å². The van der Waals surface area contributed by atoms with Crippen molar-refractivity contribution in [3.63, 3.8) is 0 Å². The smallest absolute Gasteiger partial charge is 0.379 e. The van der Waals surface area contributed by atoms with Crippen LogP contribution in [-0.2, 0) is 22.4 Å². The number of carbonyl (C=O) groups is 1. The first-order chi connectivity index (χ1) is 13.3. The Hall–Kier alpha value is -2.79. The Labute approximate surface area is 157 Å². The number of hydrazine groups is 1. The van der Waals surface area contributed by atoms with Gasteiger partial charge in [0.25, 0.3) is 5.91 Å². The van der Waals surface area contributed by atoms with Gasteiger partial charge in [0, 0.05) is 30.9 Å². The molecule has 1 amide bonds. The van der Waals surface area contributed by atoms with E-state index in [1.807, 2.05) is 0 Å². The summed E-state index contributed by atoms with van der Waals surface area (Å²) in [5.41, 5.74) is 1.60. The van der Waals surface area contributed by atoms with Crippen molar-refractivity contribution < 1.29 is 27.1 Å². The van der Waals surface area contributed by atoms with Crippen LogP contribution < -0.4 is 5.43 Å². The lowest BCUT2D eigenvalue weighted by molar-refractivity contribution is -0.137. The normalized spacial score (nSPS) is 15.9. The number of carbonyl (C=O) groups excluding carboxylic acids is 1. The maximum atomic E-state index is 13.0. The van der Waals surface area contributed by atoms with Gasteiger partial charge in [0.15, 0.2) is 5.82 Å². The molecule has 0 bridgehead atoms. The Morgan fingerprint density at radius 1 is 1.25 bits per heavy atom. The first-order valence-electron chi connectivity index (χ1n) is 8.35. The van der Waals surface area contributed by atoms with Crippen molar-refractivity contribution in [3.05, 3.63) is 41.7 Å². The zero-order valence-electron chi connectivity index (χ0n) is 14.6. The Bertz CT molecular complexity index is 859. The molecule has 1 aromatic heterocycles. The third-order valence-electron chi connectivity index (χ3n) is 3.90. The predicted octanol–water partition coefficient (Wildman–Crippen LogP) is 2.27. The molecule has 7 nitrogen and oxygen atoms in total. The number of benzene rings is 1. The van der Waals surface area contributed by atoms with E-state index in [1.165, 1.54) is 29.4 Å². The Balaban J connectivity index is 1.72. The van der Waals surface area contributed by atoms with Gasteiger partial charge in [-0.25, -0.2) is 19.1 Å². The third kappa shape index (κ3) is 5.14. The van der Waals surface area contributed by atoms with Gasteiger partial charge >= 0.3 is 6.18 Å². The molecule has 0 radical (unpaired) electrons. The lowest BCUT2D eigenvalue weighted by Gasteiger charge is -2.26. The van der Waals surface area contributed by atoms with Gasteiger partial charge in [-0.05, 0) is 23.8 Å². The number of hydrogen-bond donors (Lipinski definition) is 1. The van der Waals surface area contributed by atoms with Crippen LogP contribution in [0.5, 0.6) is 0 Å².